The van der Waals surface area contributed by atoms with Gasteiger partial charge in [-0.2, -0.15) is 4.98 Å². The Morgan fingerprint density at radius 1 is 1.20 bits per heavy atom. The Labute approximate surface area is 145 Å². The maximum absolute atomic E-state index is 12.4. The molecule has 25 heavy (non-hydrogen) atoms. The van der Waals surface area contributed by atoms with Gasteiger partial charge in [0.05, 0.1) is 5.69 Å². The van der Waals surface area contributed by atoms with E-state index < -0.39 is 6.10 Å². The first-order chi connectivity index (χ1) is 12.2. The van der Waals surface area contributed by atoms with Gasteiger partial charge in [-0.1, -0.05) is 31.2 Å². The number of amides is 1. The minimum absolute atomic E-state index is 0.155. The predicted molar refractivity (Wildman–Crippen MR) is 93.7 cm³/mol. The second-order valence-corrected chi connectivity index (χ2v) is 5.53. The lowest BCUT2D eigenvalue weighted by Crippen LogP contribution is -2.33. The predicted octanol–water partition coefficient (Wildman–Crippen LogP) is 2.77. The molecule has 3 aromatic rings. The normalized spacial score (nSPS) is 11.8. The fourth-order valence-corrected chi connectivity index (χ4v) is 2.20. The van der Waals surface area contributed by atoms with E-state index in [9.17, 15) is 4.79 Å². The van der Waals surface area contributed by atoms with Gasteiger partial charge in [-0.25, -0.2) is 9.67 Å². The molecular formula is C18H19N5O2. The van der Waals surface area contributed by atoms with E-state index in [1.54, 1.807) is 23.3 Å². The number of para-hydroxylation sites is 1. The number of nitrogens with one attached hydrogen (secondary N) is 1. The van der Waals surface area contributed by atoms with Crippen LogP contribution in [0, 0.1) is 6.92 Å². The zero-order valence-electron chi connectivity index (χ0n) is 14.1. The van der Waals surface area contributed by atoms with Crippen LogP contribution >= 0.6 is 0 Å². The molecule has 1 N–H and O–H groups in total. The third kappa shape index (κ3) is 4.20. The number of rotatable bonds is 6. The van der Waals surface area contributed by atoms with E-state index in [-0.39, 0.29) is 11.9 Å². The molecular weight excluding hydrogens is 318 g/mol. The topological polar surface area (TPSA) is 81.9 Å². The monoisotopic (exact) mass is 337 g/mol. The van der Waals surface area contributed by atoms with Gasteiger partial charge in [0.25, 0.3) is 5.91 Å². The zero-order valence-corrected chi connectivity index (χ0v) is 14.1. The number of hydrogen-bond acceptors (Lipinski definition) is 5. The number of nitrogens with zero attached hydrogens (tertiary/aromatic N) is 4. The van der Waals surface area contributed by atoms with Crippen molar-refractivity contribution in [3.8, 4) is 11.7 Å². The summed E-state index contributed by atoms with van der Waals surface area (Å²) in [6, 6.07) is 13.4. The summed E-state index contributed by atoms with van der Waals surface area (Å²) in [5, 5.41) is 7.00. The molecule has 1 unspecified atom stereocenters. The van der Waals surface area contributed by atoms with Crippen molar-refractivity contribution in [1.82, 2.24) is 19.7 Å². The van der Waals surface area contributed by atoms with Crippen molar-refractivity contribution in [3.05, 3.63) is 60.6 Å². The zero-order chi connectivity index (χ0) is 17.6. The SMILES string of the molecule is CCC(Oc1ncn(-c2ccccc2)n1)C(=O)Nc1ccc(C)cn1. The van der Waals surface area contributed by atoms with Crippen LogP contribution in [0.25, 0.3) is 5.69 Å². The van der Waals surface area contributed by atoms with E-state index in [1.165, 1.54) is 0 Å². The first kappa shape index (κ1) is 16.6. The fraction of sp³-hybridized carbons (Fsp3) is 0.222. The standard InChI is InChI=1S/C18H19N5O2/c1-3-15(17(24)21-16-10-9-13(2)11-19-16)25-18-20-12-23(22-18)14-7-5-4-6-8-14/h4-12,15H,3H2,1-2H3,(H,19,21,24). The number of carbonyl (C=O) groups excluding carboxylic acids is 1. The second kappa shape index (κ2) is 7.57. The number of benzene rings is 1. The molecule has 7 nitrogen and oxygen atoms in total. The molecule has 0 aliphatic rings. The number of anilines is 1. The van der Waals surface area contributed by atoms with E-state index in [4.69, 9.17) is 4.74 Å². The number of aromatic nitrogens is 4. The molecule has 7 heteroatoms. The highest BCUT2D eigenvalue weighted by Crippen LogP contribution is 2.12. The smallest absolute Gasteiger partial charge is 0.336 e. The van der Waals surface area contributed by atoms with Crippen LogP contribution in [0.1, 0.15) is 18.9 Å². The molecule has 0 aliphatic heterocycles. The summed E-state index contributed by atoms with van der Waals surface area (Å²) in [5.41, 5.74) is 1.89. The maximum atomic E-state index is 12.4. The minimum atomic E-state index is -0.699. The van der Waals surface area contributed by atoms with Crippen molar-refractivity contribution >= 4 is 11.7 Å². The van der Waals surface area contributed by atoms with Crippen molar-refractivity contribution in [1.29, 1.82) is 0 Å². The Balaban J connectivity index is 1.66. The number of hydrogen-bond donors (Lipinski definition) is 1. The Hall–Kier alpha value is -3.22. The van der Waals surface area contributed by atoms with Gasteiger partial charge in [0, 0.05) is 6.20 Å². The first-order valence-corrected chi connectivity index (χ1v) is 8.03. The third-order valence-electron chi connectivity index (χ3n) is 3.57. The molecule has 2 aromatic heterocycles. The molecule has 2 heterocycles. The minimum Gasteiger partial charge on any atom is -0.449 e. The molecule has 1 atom stereocenters. The number of carbonyl (C=O) groups is 1. The van der Waals surface area contributed by atoms with Gasteiger partial charge in [0.2, 0.25) is 0 Å². The van der Waals surface area contributed by atoms with E-state index in [0.717, 1.165) is 11.3 Å². The van der Waals surface area contributed by atoms with E-state index in [2.05, 4.69) is 20.4 Å². The van der Waals surface area contributed by atoms with E-state index in [0.29, 0.717) is 12.2 Å². The molecule has 0 fully saturated rings. The van der Waals surface area contributed by atoms with Crippen LogP contribution in [-0.4, -0.2) is 31.8 Å². The molecule has 3 rings (SSSR count). The van der Waals surface area contributed by atoms with E-state index in [1.807, 2.05) is 50.2 Å². The molecule has 0 saturated heterocycles. The molecule has 0 radical (unpaired) electrons. The second-order valence-electron chi connectivity index (χ2n) is 5.53. The average Bonchev–Trinajstić information content (AvgIpc) is 3.11. The molecule has 1 amide bonds. The molecule has 1 aromatic carbocycles. The molecule has 0 aliphatic carbocycles. The Morgan fingerprint density at radius 2 is 2.00 bits per heavy atom. The largest absolute Gasteiger partial charge is 0.449 e. The van der Waals surface area contributed by atoms with Crippen molar-refractivity contribution in [2.45, 2.75) is 26.4 Å². The van der Waals surface area contributed by atoms with Crippen LogP contribution in [0.4, 0.5) is 5.82 Å². The Kier molecular flexibility index (Phi) is 5.03. The maximum Gasteiger partial charge on any atom is 0.336 e. The highest BCUT2D eigenvalue weighted by molar-refractivity contribution is 5.93. The van der Waals surface area contributed by atoms with Crippen LogP contribution in [-0.2, 0) is 4.79 Å². The van der Waals surface area contributed by atoms with E-state index >= 15 is 0 Å². The van der Waals surface area contributed by atoms with Crippen molar-refractivity contribution in [2.75, 3.05) is 5.32 Å². The van der Waals surface area contributed by atoms with Crippen molar-refractivity contribution < 1.29 is 9.53 Å². The Bertz CT molecular complexity index is 830. The average molecular weight is 337 g/mol. The van der Waals surface area contributed by atoms with Crippen molar-refractivity contribution in [3.63, 3.8) is 0 Å². The highest BCUT2D eigenvalue weighted by Gasteiger charge is 2.21. The van der Waals surface area contributed by atoms with Crippen LogP contribution in [0.15, 0.2) is 55.0 Å². The summed E-state index contributed by atoms with van der Waals surface area (Å²) < 4.78 is 7.24. The lowest BCUT2D eigenvalue weighted by molar-refractivity contribution is -0.123. The van der Waals surface area contributed by atoms with Gasteiger partial charge in [-0.15, -0.1) is 5.10 Å². The van der Waals surface area contributed by atoms with Gasteiger partial charge in [-0.05, 0) is 37.1 Å². The lowest BCUT2D eigenvalue weighted by atomic mass is 10.2. The first-order valence-electron chi connectivity index (χ1n) is 8.03. The van der Waals surface area contributed by atoms with Crippen molar-refractivity contribution in [2.24, 2.45) is 0 Å². The Morgan fingerprint density at radius 3 is 2.68 bits per heavy atom. The van der Waals surface area contributed by atoms with Gasteiger partial charge in [0.15, 0.2) is 6.10 Å². The summed E-state index contributed by atoms with van der Waals surface area (Å²) in [7, 11) is 0. The molecule has 0 saturated carbocycles. The molecule has 0 bridgehead atoms. The summed E-state index contributed by atoms with van der Waals surface area (Å²) in [6.07, 6.45) is 3.03. The summed E-state index contributed by atoms with van der Waals surface area (Å²) in [5.74, 6) is 0.204. The highest BCUT2D eigenvalue weighted by atomic mass is 16.5. The summed E-state index contributed by atoms with van der Waals surface area (Å²) in [6.45, 7) is 3.80. The van der Waals surface area contributed by atoms with Gasteiger partial charge in [0.1, 0.15) is 12.1 Å². The van der Waals surface area contributed by atoms with Gasteiger partial charge >= 0.3 is 6.01 Å². The summed E-state index contributed by atoms with van der Waals surface area (Å²) >= 11 is 0. The van der Waals surface area contributed by atoms with Gasteiger partial charge in [-0.3, -0.25) is 4.79 Å². The number of ether oxygens (including phenoxy) is 1. The van der Waals surface area contributed by atoms with Gasteiger partial charge < -0.3 is 10.1 Å². The van der Waals surface area contributed by atoms with Crippen LogP contribution < -0.4 is 10.1 Å². The molecule has 128 valence electrons. The lowest BCUT2D eigenvalue weighted by Gasteiger charge is -2.14. The number of pyridine rings is 1. The van der Waals surface area contributed by atoms with Crippen LogP contribution in [0.3, 0.4) is 0 Å². The third-order valence-corrected chi connectivity index (χ3v) is 3.57. The quantitative estimate of drug-likeness (QED) is 0.748. The molecule has 0 spiro atoms. The van der Waals surface area contributed by atoms with Crippen LogP contribution in [0.5, 0.6) is 6.01 Å². The van der Waals surface area contributed by atoms with Crippen LogP contribution in [0.2, 0.25) is 0 Å². The summed E-state index contributed by atoms with van der Waals surface area (Å²) in [4.78, 5) is 20.6. The number of aryl methyl sites for hydroxylation is 1. The fourth-order valence-electron chi connectivity index (χ4n) is 2.20.